The molecule has 0 spiro atoms. The minimum Gasteiger partial charge on any atom is -0.354 e. The van der Waals surface area contributed by atoms with Crippen LogP contribution in [0.15, 0.2) is 24.5 Å². The highest BCUT2D eigenvalue weighted by molar-refractivity contribution is 7.15. The van der Waals surface area contributed by atoms with Gasteiger partial charge in [0.05, 0.1) is 6.04 Å². The van der Waals surface area contributed by atoms with Crippen molar-refractivity contribution in [2.45, 2.75) is 26.3 Å². The highest BCUT2D eigenvalue weighted by Gasteiger charge is 2.08. The van der Waals surface area contributed by atoms with Gasteiger partial charge in [-0.25, -0.2) is 0 Å². The lowest BCUT2D eigenvalue weighted by atomic mass is 10.1. The van der Waals surface area contributed by atoms with Gasteiger partial charge in [-0.05, 0) is 25.0 Å². The molecule has 0 aliphatic carbocycles. The predicted octanol–water partition coefficient (Wildman–Crippen LogP) is 2.67. The first-order valence-electron chi connectivity index (χ1n) is 5.28. The normalized spacial score (nSPS) is 12.4. The van der Waals surface area contributed by atoms with Crippen LogP contribution in [0.1, 0.15) is 30.5 Å². The van der Waals surface area contributed by atoms with E-state index in [2.05, 4.69) is 34.3 Å². The van der Waals surface area contributed by atoms with Crippen LogP contribution in [0.25, 0.3) is 0 Å². The van der Waals surface area contributed by atoms with Gasteiger partial charge in [0, 0.05) is 12.4 Å². The van der Waals surface area contributed by atoms with Crippen LogP contribution in [0.5, 0.6) is 0 Å². The third kappa shape index (κ3) is 2.55. The second-order valence-electron chi connectivity index (χ2n) is 3.51. The third-order valence-electron chi connectivity index (χ3n) is 2.29. The van der Waals surface area contributed by atoms with E-state index < -0.39 is 0 Å². The van der Waals surface area contributed by atoms with Crippen molar-refractivity contribution >= 4 is 16.5 Å². The number of aromatic nitrogens is 3. The molecule has 1 N–H and O–H groups in total. The molecule has 0 amide bonds. The SMILES string of the molecule is CCc1nnc(NC(C)c2cccnc2)s1. The first-order valence-corrected chi connectivity index (χ1v) is 6.10. The first kappa shape index (κ1) is 11.0. The van der Waals surface area contributed by atoms with E-state index in [1.54, 1.807) is 17.5 Å². The van der Waals surface area contributed by atoms with Crippen molar-refractivity contribution in [2.75, 3.05) is 5.32 Å². The molecule has 0 aliphatic heterocycles. The molecule has 0 aromatic carbocycles. The molecular weight excluding hydrogens is 220 g/mol. The molecule has 1 atom stereocenters. The van der Waals surface area contributed by atoms with E-state index in [4.69, 9.17) is 0 Å². The maximum atomic E-state index is 4.10. The largest absolute Gasteiger partial charge is 0.354 e. The standard InChI is InChI=1S/C11H14N4S/c1-3-10-14-15-11(16-10)13-8(2)9-5-4-6-12-7-9/h4-8H,3H2,1-2H3,(H,13,15). The number of anilines is 1. The molecule has 1 unspecified atom stereocenters. The molecule has 0 bridgehead atoms. The summed E-state index contributed by atoms with van der Waals surface area (Å²) in [7, 11) is 0. The Morgan fingerprint density at radius 3 is 2.94 bits per heavy atom. The molecule has 0 radical (unpaired) electrons. The van der Waals surface area contributed by atoms with Gasteiger partial charge in [-0.1, -0.05) is 24.3 Å². The zero-order valence-corrected chi connectivity index (χ0v) is 10.2. The van der Waals surface area contributed by atoms with Crippen molar-refractivity contribution < 1.29 is 0 Å². The van der Waals surface area contributed by atoms with Crippen LogP contribution in [-0.4, -0.2) is 15.2 Å². The fourth-order valence-corrected chi connectivity index (χ4v) is 2.12. The van der Waals surface area contributed by atoms with E-state index in [1.165, 1.54) is 0 Å². The number of rotatable bonds is 4. The molecule has 5 heteroatoms. The Morgan fingerprint density at radius 2 is 2.31 bits per heavy atom. The summed E-state index contributed by atoms with van der Waals surface area (Å²) in [5, 5.41) is 13.4. The smallest absolute Gasteiger partial charge is 0.206 e. The zero-order valence-electron chi connectivity index (χ0n) is 9.34. The lowest BCUT2D eigenvalue weighted by molar-refractivity contribution is 0.862. The van der Waals surface area contributed by atoms with Crippen LogP contribution < -0.4 is 5.32 Å². The van der Waals surface area contributed by atoms with Crippen molar-refractivity contribution in [2.24, 2.45) is 0 Å². The topological polar surface area (TPSA) is 50.7 Å². The van der Waals surface area contributed by atoms with E-state index in [1.807, 2.05) is 18.3 Å². The molecule has 2 heterocycles. The van der Waals surface area contributed by atoms with Gasteiger partial charge in [-0.2, -0.15) is 0 Å². The van der Waals surface area contributed by atoms with Crippen LogP contribution in [0.4, 0.5) is 5.13 Å². The van der Waals surface area contributed by atoms with Gasteiger partial charge in [-0.3, -0.25) is 4.98 Å². The number of hydrogen-bond donors (Lipinski definition) is 1. The number of aryl methyl sites for hydroxylation is 1. The van der Waals surface area contributed by atoms with Gasteiger partial charge >= 0.3 is 0 Å². The van der Waals surface area contributed by atoms with Crippen LogP contribution in [0, 0.1) is 0 Å². The summed E-state index contributed by atoms with van der Waals surface area (Å²) in [6, 6.07) is 4.18. The van der Waals surface area contributed by atoms with Gasteiger partial charge < -0.3 is 5.32 Å². The summed E-state index contributed by atoms with van der Waals surface area (Å²) in [5.41, 5.74) is 1.15. The number of nitrogens with one attached hydrogen (secondary N) is 1. The van der Waals surface area contributed by atoms with Gasteiger partial charge in [0.2, 0.25) is 5.13 Å². The minimum atomic E-state index is 0.200. The van der Waals surface area contributed by atoms with Crippen LogP contribution >= 0.6 is 11.3 Å². The zero-order chi connectivity index (χ0) is 11.4. The molecular formula is C11H14N4S. The van der Waals surface area contributed by atoms with E-state index in [0.717, 1.165) is 22.1 Å². The molecule has 0 saturated heterocycles. The number of hydrogen-bond acceptors (Lipinski definition) is 5. The molecule has 2 rings (SSSR count). The second kappa shape index (κ2) is 5.03. The maximum absolute atomic E-state index is 4.10. The fraction of sp³-hybridized carbons (Fsp3) is 0.364. The lowest BCUT2D eigenvalue weighted by Gasteiger charge is -2.11. The average Bonchev–Trinajstić information content (AvgIpc) is 2.78. The third-order valence-corrected chi connectivity index (χ3v) is 3.29. The molecule has 0 fully saturated rings. The molecule has 84 valence electrons. The Morgan fingerprint density at radius 1 is 1.44 bits per heavy atom. The maximum Gasteiger partial charge on any atom is 0.206 e. The van der Waals surface area contributed by atoms with Gasteiger partial charge in [0.15, 0.2) is 0 Å². The summed E-state index contributed by atoms with van der Waals surface area (Å²) < 4.78 is 0. The summed E-state index contributed by atoms with van der Waals surface area (Å²) in [6.07, 6.45) is 4.57. The summed E-state index contributed by atoms with van der Waals surface area (Å²) in [6.45, 7) is 4.17. The Bertz CT molecular complexity index is 440. The summed E-state index contributed by atoms with van der Waals surface area (Å²) in [4.78, 5) is 4.10. The van der Waals surface area contributed by atoms with Gasteiger partial charge in [-0.15, -0.1) is 10.2 Å². The van der Waals surface area contributed by atoms with Crippen LogP contribution in [-0.2, 0) is 6.42 Å². The highest BCUT2D eigenvalue weighted by Crippen LogP contribution is 2.21. The van der Waals surface area contributed by atoms with E-state index >= 15 is 0 Å². The minimum absolute atomic E-state index is 0.200. The van der Waals surface area contributed by atoms with Crippen molar-refractivity contribution in [1.82, 2.24) is 15.2 Å². The van der Waals surface area contributed by atoms with E-state index in [9.17, 15) is 0 Å². The van der Waals surface area contributed by atoms with Crippen LogP contribution in [0.2, 0.25) is 0 Å². The van der Waals surface area contributed by atoms with Crippen molar-refractivity contribution in [3.05, 3.63) is 35.1 Å². The number of nitrogens with zero attached hydrogens (tertiary/aromatic N) is 3. The molecule has 2 aromatic rings. The second-order valence-corrected chi connectivity index (χ2v) is 4.57. The van der Waals surface area contributed by atoms with Crippen LogP contribution in [0.3, 0.4) is 0 Å². The summed E-state index contributed by atoms with van der Waals surface area (Å²) in [5.74, 6) is 0. The molecule has 0 aliphatic rings. The quantitative estimate of drug-likeness (QED) is 0.883. The van der Waals surface area contributed by atoms with Crippen molar-refractivity contribution in [3.8, 4) is 0 Å². The van der Waals surface area contributed by atoms with Gasteiger partial charge in [0.1, 0.15) is 5.01 Å². The lowest BCUT2D eigenvalue weighted by Crippen LogP contribution is -2.06. The average molecular weight is 234 g/mol. The molecule has 16 heavy (non-hydrogen) atoms. The highest BCUT2D eigenvalue weighted by atomic mass is 32.1. The Labute approximate surface area is 98.8 Å². The van der Waals surface area contributed by atoms with E-state index in [-0.39, 0.29) is 6.04 Å². The molecule has 2 aromatic heterocycles. The van der Waals surface area contributed by atoms with E-state index in [0.29, 0.717) is 0 Å². The number of pyridine rings is 1. The summed E-state index contributed by atoms with van der Waals surface area (Å²) >= 11 is 1.60. The Hall–Kier alpha value is -1.49. The first-order chi connectivity index (χ1) is 7.79. The fourth-order valence-electron chi connectivity index (χ4n) is 1.36. The molecule has 4 nitrogen and oxygen atoms in total. The van der Waals surface area contributed by atoms with Gasteiger partial charge in [0.25, 0.3) is 0 Å². The van der Waals surface area contributed by atoms with Crippen molar-refractivity contribution in [3.63, 3.8) is 0 Å². The Kier molecular flexibility index (Phi) is 3.46. The molecule has 0 saturated carbocycles. The monoisotopic (exact) mass is 234 g/mol. The predicted molar refractivity (Wildman–Crippen MR) is 65.6 cm³/mol. The van der Waals surface area contributed by atoms with Crippen molar-refractivity contribution in [1.29, 1.82) is 0 Å². The Balaban J connectivity index is 2.05.